The average Bonchev–Trinajstić information content (AvgIpc) is 2.54. The molecule has 0 aromatic heterocycles. The topological polar surface area (TPSA) is 98.7 Å². The quantitative estimate of drug-likeness (QED) is 0.739. The van der Waals surface area contributed by atoms with Crippen LogP contribution in [0.25, 0.3) is 0 Å². The number of amides is 3. The van der Waals surface area contributed by atoms with E-state index in [2.05, 4.69) is 10.6 Å². The normalized spacial score (nSPS) is 15.8. The van der Waals surface area contributed by atoms with Crippen LogP contribution in [-0.4, -0.2) is 42.1 Å². The Morgan fingerprint density at radius 2 is 2.12 bits per heavy atom. The molecule has 1 aromatic rings. The predicted molar refractivity (Wildman–Crippen MR) is 90.1 cm³/mol. The van der Waals surface area contributed by atoms with Gasteiger partial charge in [-0.3, -0.25) is 9.69 Å². The molecule has 0 saturated carbocycles. The highest BCUT2D eigenvalue weighted by molar-refractivity contribution is 5.99. The van der Waals surface area contributed by atoms with Crippen LogP contribution in [0.15, 0.2) is 24.3 Å². The summed E-state index contributed by atoms with van der Waals surface area (Å²) >= 11 is 0. The highest BCUT2D eigenvalue weighted by atomic mass is 16.4. The molecule has 2 rings (SSSR count). The summed E-state index contributed by atoms with van der Waals surface area (Å²) in [6, 6.07) is 5.53. The molecule has 7 nitrogen and oxygen atoms in total. The Hall–Kier alpha value is -2.57. The molecule has 1 aromatic carbocycles. The molecule has 0 bridgehead atoms. The van der Waals surface area contributed by atoms with Crippen molar-refractivity contribution in [3.05, 3.63) is 29.8 Å². The molecule has 0 aliphatic carbocycles. The van der Waals surface area contributed by atoms with Gasteiger partial charge in [0, 0.05) is 24.3 Å². The number of urea groups is 1. The first-order chi connectivity index (χ1) is 11.4. The number of carboxylic acid groups (broad SMARTS) is 1. The van der Waals surface area contributed by atoms with Gasteiger partial charge in [0.05, 0.1) is 0 Å². The number of benzene rings is 1. The van der Waals surface area contributed by atoms with Crippen LogP contribution < -0.4 is 15.5 Å². The standard InChI is InChI=1S/C17H23N3O4/c1-11(2)9-14(16(22)23)19-15(21)12-5-3-6-13(10-12)20-8-4-7-18-17(20)24/h3,5-6,10-11,14H,4,7-9H2,1-2H3,(H,18,24)(H,19,21)(H,22,23)/t14-/m0/s1. The lowest BCUT2D eigenvalue weighted by Gasteiger charge is -2.27. The predicted octanol–water partition coefficient (Wildman–Crippen LogP) is 1.84. The molecular weight excluding hydrogens is 310 g/mol. The lowest BCUT2D eigenvalue weighted by molar-refractivity contribution is -0.139. The highest BCUT2D eigenvalue weighted by Gasteiger charge is 2.23. The first-order valence-electron chi connectivity index (χ1n) is 8.07. The van der Waals surface area contributed by atoms with Gasteiger partial charge in [-0.2, -0.15) is 0 Å². The van der Waals surface area contributed by atoms with E-state index in [1.165, 1.54) is 0 Å². The van der Waals surface area contributed by atoms with Crippen molar-refractivity contribution >= 4 is 23.6 Å². The molecule has 3 amide bonds. The van der Waals surface area contributed by atoms with Crippen LogP contribution in [0.5, 0.6) is 0 Å². The third kappa shape index (κ3) is 4.47. The molecule has 1 atom stereocenters. The number of carboxylic acids is 1. The Labute approximate surface area is 141 Å². The van der Waals surface area contributed by atoms with Gasteiger partial charge in [0.1, 0.15) is 6.04 Å². The first kappa shape index (κ1) is 17.8. The zero-order valence-corrected chi connectivity index (χ0v) is 13.9. The van der Waals surface area contributed by atoms with E-state index < -0.39 is 17.9 Å². The molecule has 24 heavy (non-hydrogen) atoms. The monoisotopic (exact) mass is 333 g/mol. The van der Waals surface area contributed by atoms with Crippen LogP contribution >= 0.6 is 0 Å². The summed E-state index contributed by atoms with van der Waals surface area (Å²) in [6.45, 7) is 5.03. The molecule has 1 fully saturated rings. The summed E-state index contributed by atoms with van der Waals surface area (Å²) in [7, 11) is 0. The molecule has 0 unspecified atom stereocenters. The minimum atomic E-state index is -1.05. The smallest absolute Gasteiger partial charge is 0.326 e. The minimum Gasteiger partial charge on any atom is -0.480 e. The fourth-order valence-electron chi connectivity index (χ4n) is 2.63. The van der Waals surface area contributed by atoms with E-state index in [0.717, 1.165) is 6.42 Å². The second-order valence-electron chi connectivity index (χ2n) is 6.28. The number of hydrogen-bond donors (Lipinski definition) is 3. The molecular formula is C17H23N3O4. The minimum absolute atomic E-state index is 0.148. The average molecular weight is 333 g/mol. The molecule has 0 spiro atoms. The van der Waals surface area contributed by atoms with Crippen molar-refractivity contribution in [2.24, 2.45) is 5.92 Å². The van der Waals surface area contributed by atoms with E-state index >= 15 is 0 Å². The van der Waals surface area contributed by atoms with E-state index in [9.17, 15) is 19.5 Å². The van der Waals surface area contributed by atoms with Gasteiger partial charge in [-0.15, -0.1) is 0 Å². The first-order valence-corrected chi connectivity index (χ1v) is 8.07. The van der Waals surface area contributed by atoms with Crippen molar-refractivity contribution in [2.45, 2.75) is 32.7 Å². The van der Waals surface area contributed by atoms with Gasteiger partial charge in [0.25, 0.3) is 5.91 Å². The number of nitrogens with one attached hydrogen (secondary N) is 2. The van der Waals surface area contributed by atoms with Crippen LogP contribution in [0.3, 0.4) is 0 Å². The number of anilines is 1. The van der Waals surface area contributed by atoms with Gasteiger partial charge in [-0.25, -0.2) is 9.59 Å². The maximum absolute atomic E-state index is 12.4. The number of aliphatic carboxylic acids is 1. The van der Waals surface area contributed by atoms with Crippen molar-refractivity contribution in [2.75, 3.05) is 18.0 Å². The third-order valence-corrected chi connectivity index (χ3v) is 3.81. The van der Waals surface area contributed by atoms with Crippen molar-refractivity contribution < 1.29 is 19.5 Å². The number of carbonyl (C=O) groups excluding carboxylic acids is 2. The van der Waals surface area contributed by atoms with E-state index in [-0.39, 0.29) is 11.9 Å². The molecule has 1 aliphatic heterocycles. The lowest BCUT2D eigenvalue weighted by Crippen LogP contribution is -2.46. The van der Waals surface area contributed by atoms with Crippen LogP contribution in [0, 0.1) is 5.92 Å². The number of rotatable bonds is 6. The summed E-state index contributed by atoms with van der Waals surface area (Å²) in [5.41, 5.74) is 0.955. The molecule has 0 radical (unpaired) electrons. The molecule has 7 heteroatoms. The second-order valence-corrected chi connectivity index (χ2v) is 6.28. The Morgan fingerprint density at radius 1 is 1.38 bits per heavy atom. The zero-order chi connectivity index (χ0) is 17.7. The summed E-state index contributed by atoms with van der Waals surface area (Å²) in [5, 5.41) is 14.5. The number of carbonyl (C=O) groups is 3. The summed E-state index contributed by atoms with van der Waals surface area (Å²) in [5.74, 6) is -1.36. The van der Waals surface area contributed by atoms with Gasteiger partial charge in [0.2, 0.25) is 0 Å². The SMILES string of the molecule is CC(C)C[C@H](NC(=O)c1cccc(N2CCCNC2=O)c1)C(=O)O. The van der Waals surface area contributed by atoms with Crippen molar-refractivity contribution in [3.8, 4) is 0 Å². The fourth-order valence-corrected chi connectivity index (χ4v) is 2.63. The lowest BCUT2D eigenvalue weighted by atomic mass is 10.0. The Bertz CT molecular complexity index is 630. The van der Waals surface area contributed by atoms with Crippen LogP contribution in [0.2, 0.25) is 0 Å². The molecule has 130 valence electrons. The largest absolute Gasteiger partial charge is 0.480 e. The number of hydrogen-bond acceptors (Lipinski definition) is 3. The molecule has 3 N–H and O–H groups in total. The van der Waals surface area contributed by atoms with E-state index in [1.54, 1.807) is 29.2 Å². The second kappa shape index (κ2) is 7.81. The maximum atomic E-state index is 12.4. The zero-order valence-electron chi connectivity index (χ0n) is 13.9. The highest BCUT2D eigenvalue weighted by Crippen LogP contribution is 2.19. The molecule has 1 heterocycles. The van der Waals surface area contributed by atoms with Crippen LogP contribution in [0.4, 0.5) is 10.5 Å². The summed E-state index contributed by atoms with van der Waals surface area (Å²) < 4.78 is 0. The fraction of sp³-hybridized carbons (Fsp3) is 0.471. The van der Waals surface area contributed by atoms with E-state index in [1.807, 2.05) is 13.8 Å². The van der Waals surface area contributed by atoms with Gasteiger partial charge >= 0.3 is 12.0 Å². The van der Waals surface area contributed by atoms with E-state index in [4.69, 9.17) is 0 Å². The van der Waals surface area contributed by atoms with Crippen molar-refractivity contribution in [1.29, 1.82) is 0 Å². The molecule has 1 aliphatic rings. The van der Waals surface area contributed by atoms with Gasteiger partial charge in [0.15, 0.2) is 0 Å². The van der Waals surface area contributed by atoms with Crippen LogP contribution in [-0.2, 0) is 4.79 Å². The summed E-state index contributed by atoms with van der Waals surface area (Å²) in [6.07, 6.45) is 1.19. The Kier molecular flexibility index (Phi) is 5.78. The third-order valence-electron chi connectivity index (χ3n) is 3.81. The van der Waals surface area contributed by atoms with Crippen LogP contribution in [0.1, 0.15) is 37.0 Å². The van der Waals surface area contributed by atoms with Gasteiger partial charge in [-0.1, -0.05) is 19.9 Å². The Morgan fingerprint density at radius 3 is 2.75 bits per heavy atom. The van der Waals surface area contributed by atoms with Crippen molar-refractivity contribution in [3.63, 3.8) is 0 Å². The maximum Gasteiger partial charge on any atom is 0.326 e. The summed E-state index contributed by atoms with van der Waals surface area (Å²) in [4.78, 5) is 37.1. The van der Waals surface area contributed by atoms with Gasteiger partial charge < -0.3 is 15.7 Å². The van der Waals surface area contributed by atoms with E-state index in [0.29, 0.717) is 30.8 Å². The van der Waals surface area contributed by atoms with Gasteiger partial charge in [-0.05, 0) is 37.0 Å². The Balaban J connectivity index is 2.13. The number of nitrogens with zero attached hydrogens (tertiary/aromatic N) is 1. The van der Waals surface area contributed by atoms with Crippen molar-refractivity contribution in [1.82, 2.24) is 10.6 Å². The molecule has 1 saturated heterocycles.